The molecule has 2 aromatic carbocycles. The number of nitrogens with one attached hydrogen (secondary N) is 2. The van der Waals surface area contributed by atoms with Crippen LogP contribution in [0.2, 0.25) is 5.02 Å². The quantitative estimate of drug-likeness (QED) is 0.604. The number of benzene rings is 2. The van der Waals surface area contributed by atoms with E-state index >= 15 is 0 Å². The molecule has 0 atom stereocenters. The number of ether oxygens (including phenoxy) is 1. The van der Waals surface area contributed by atoms with E-state index in [1.807, 2.05) is 0 Å². The lowest BCUT2D eigenvalue weighted by Crippen LogP contribution is -2.34. The molecule has 9 heteroatoms. The van der Waals surface area contributed by atoms with Crippen LogP contribution in [0.1, 0.15) is 16.1 Å². The summed E-state index contributed by atoms with van der Waals surface area (Å²) in [6.45, 7) is -0.0293. The first-order valence-corrected chi connectivity index (χ1v) is 9.37. The van der Waals surface area contributed by atoms with Gasteiger partial charge in [0.05, 0.1) is 7.11 Å². The van der Waals surface area contributed by atoms with Crippen molar-refractivity contribution < 1.29 is 14.3 Å². The number of anilines is 1. The van der Waals surface area contributed by atoms with Crippen LogP contribution in [0.4, 0.5) is 5.69 Å². The van der Waals surface area contributed by atoms with Crippen LogP contribution in [0, 0.1) is 0 Å². The minimum atomic E-state index is -0.504. The number of carbonyl (C=O) groups excluding carboxylic acids is 2. The second-order valence-corrected chi connectivity index (χ2v) is 6.74. The van der Waals surface area contributed by atoms with Gasteiger partial charge in [-0.1, -0.05) is 23.7 Å². The van der Waals surface area contributed by atoms with Crippen molar-refractivity contribution in [2.45, 2.75) is 13.1 Å². The highest BCUT2D eigenvalue weighted by molar-refractivity contribution is 6.30. The van der Waals surface area contributed by atoms with Crippen LogP contribution in [0.15, 0.2) is 65.5 Å². The molecular weight excluding hydrogens is 408 g/mol. The predicted octanol–water partition coefficient (Wildman–Crippen LogP) is 2.47. The number of nitrogens with zero attached hydrogens (tertiary/aromatic N) is 2. The summed E-state index contributed by atoms with van der Waals surface area (Å²) < 4.78 is 6.02. The maximum absolute atomic E-state index is 12.4. The zero-order chi connectivity index (χ0) is 21.5. The van der Waals surface area contributed by atoms with E-state index in [0.29, 0.717) is 16.5 Å². The van der Waals surface area contributed by atoms with Crippen molar-refractivity contribution >= 4 is 29.1 Å². The summed E-state index contributed by atoms with van der Waals surface area (Å²) >= 11 is 5.83. The van der Waals surface area contributed by atoms with E-state index in [4.69, 9.17) is 16.3 Å². The first kappa shape index (κ1) is 21.1. The predicted molar refractivity (Wildman–Crippen MR) is 113 cm³/mol. The molecule has 1 aromatic heterocycles. The lowest BCUT2D eigenvalue weighted by Gasteiger charge is -2.09. The van der Waals surface area contributed by atoms with Gasteiger partial charge < -0.3 is 15.4 Å². The first-order valence-electron chi connectivity index (χ1n) is 8.99. The summed E-state index contributed by atoms with van der Waals surface area (Å²) in [6.07, 6.45) is 0. The van der Waals surface area contributed by atoms with Gasteiger partial charge in [-0.25, -0.2) is 4.68 Å². The SMILES string of the molecule is COc1ccc(NC(=O)c2ccc(=O)n(CC(=O)NCc3ccc(Cl)cc3)n2)cc1. The van der Waals surface area contributed by atoms with Gasteiger partial charge in [0, 0.05) is 23.3 Å². The Hall–Kier alpha value is -3.65. The third-order valence-corrected chi connectivity index (χ3v) is 4.40. The van der Waals surface area contributed by atoms with Crippen molar-refractivity contribution in [3.63, 3.8) is 0 Å². The van der Waals surface area contributed by atoms with Crippen LogP contribution >= 0.6 is 11.6 Å². The minimum Gasteiger partial charge on any atom is -0.497 e. The summed E-state index contributed by atoms with van der Waals surface area (Å²) in [5.41, 5.74) is 0.926. The van der Waals surface area contributed by atoms with Crippen LogP contribution in [0.5, 0.6) is 5.75 Å². The lowest BCUT2D eigenvalue weighted by molar-refractivity contribution is -0.122. The number of hydrogen-bond donors (Lipinski definition) is 2. The van der Waals surface area contributed by atoms with Crippen LogP contribution in [0.3, 0.4) is 0 Å². The molecule has 3 aromatic rings. The molecule has 0 aliphatic rings. The molecule has 0 aliphatic carbocycles. The summed E-state index contributed by atoms with van der Waals surface area (Å²) in [5.74, 6) is -0.257. The average Bonchev–Trinajstić information content (AvgIpc) is 2.75. The van der Waals surface area contributed by atoms with Gasteiger partial charge in [-0.05, 0) is 48.0 Å². The van der Waals surface area contributed by atoms with Crippen molar-refractivity contribution in [2.24, 2.45) is 0 Å². The van der Waals surface area contributed by atoms with Gasteiger partial charge in [-0.2, -0.15) is 5.10 Å². The Morgan fingerprint density at radius 3 is 2.40 bits per heavy atom. The van der Waals surface area contributed by atoms with Crippen LogP contribution in [0.25, 0.3) is 0 Å². The summed E-state index contributed by atoms with van der Waals surface area (Å²) in [7, 11) is 1.55. The van der Waals surface area contributed by atoms with Crippen LogP contribution < -0.4 is 20.9 Å². The highest BCUT2D eigenvalue weighted by Gasteiger charge is 2.12. The molecule has 0 saturated heterocycles. The molecule has 0 saturated carbocycles. The fraction of sp³-hybridized carbons (Fsp3) is 0.143. The second-order valence-electron chi connectivity index (χ2n) is 6.30. The second kappa shape index (κ2) is 9.71. The van der Waals surface area contributed by atoms with E-state index < -0.39 is 17.4 Å². The van der Waals surface area contributed by atoms with E-state index in [1.165, 1.54) is 12.1 Å². The van der Waals surface area contributed by atoms with Crippen molar-refractivity contribution in [3.05, 3.63) is 87.3 Å². The van der Waals surface area contributed by atoms with Gasteiger partial charge in [-0.15, -0.1) is 0 Å². The fourth-order valence-electron chi connectivity index (χ4n) is 2.55. The zero-order valence-electron chi connectivity index (χ0n) is 16.1. The third-order valence-electron chi connectivity index (χ3n) is 4.14. The molecule has 0 radical (unpaired) electrons. The van der Waals surface area contributed by atoms with E-state index in [-0.39, 0.29) is 18.8 Å². The minimum absolute atomic E-state index is 0.0101. The number of carbonyl (C=O) groups is 2. The number of halogens is 1. The zero-order valence-corrected chi connectivity index (χ0v) is 16.8. The van der Waals surface area contributed by atoms with Crippen molar-refractivity contribution in [3.8, 4) is 5.75 Å². The summed E-state index contributed by atoms with van der Waals surface area (Å²) in [6, 6.07) is 16.3. The molecule has 8 nitrogen and oxygen atoms in total. The van der Waals surface area contributed by atoms with Gasteiger partial charge in [0.1, 0.15) is 18.0 Å². The molecule has 0 aliphatic heterocycles. The molecule has 30 heavy (non-hydrogen) atoms. The standard InChI is InChI=1S/C21H19ClN4O4/c1-30-17-8-6-16(7-9-17)24-21(29)18-10-11-20(28)26(25-18)13-19(27)23-12-14-2-4-15(22)5-3-14/h2-11H,12-13H2,1H3,(H,23,27)(H,24,29). The fourth-order valence-corrected chi connectivity index (χ4v) is 2.67. The van der Waals surface area contributed by atoms with E-state index in [1.54, 1.807) is 55.6 Å². The maximum atomic E-state index is 12.4. The van der Waals surface area contributed by atoms with Crippen molar-refractivity contribution in [1.29, 1.82) is 0 Å². The van der Waals surface area contributed by atoms with Crippen LogP contribution in [-0.2, 0) is 17.9 Å². The Morgan fingerprint density at radius 1 is 1.03 bits per heavy atom. The van der Waals surface area contributed by atoms with E-state index in [2.05, 4.69) is 15.7 Å². The Kier molecular flexibility index (Phi) is 6.82. The molecule has 0 bridgehead atoms. The Morgan fingerprint density at radius 2 is 1.73 bits per heavy atom. The normalized spacial score (nSPS) is 10.3. The molecule has 3 rings (SSSR count). The van der Waals surface area contributed by atoms with Crippen molar-refractivity contribution in [2.75, 3.05) is 12.4 Å². The summed E-state index contributed by atoms with van der Waals surface area (Å²) in [5, 5.41) is 9.98. The van der Waals surface area contributed by atoms with Gasteiger partial charge >= 0.3 is 0 Å². The molecular formula is C21H19ClN4O4. The number of hydrogen-bond acceptors (Lipinski definition) is 5. The molecule has 1 heterocycles. The highest BCUT2D eigenvalue weighted by Crippen LogP contribution is 2.15. The molecule has 0 fully saturated rings. The Bertz CT molecular complexity index is 1100. The topological polar surface area (TPSA) is 102 Å². The molecule has 0 unspecified atom stereocenters. The number of rotatable bonds is 7. The molecule has 154 valence electrons. The van der Waals surface area contributed by atoms with E-state index in [0.717, 1.165) is 10.2 Å². The largest absolute Gasteiger partial charge is 0.497 e. The number of amides is 2. The average molecular weight is 427 g/mol. The van der Waals surface area contributed by atoms with Gasteiger partial charge in [0.15, 0.2) is 0 Å². The lowest BCUT2D eigenvalue weighted by atomic mass is 10.2. The first-order chi connectivity index (χ1) is 14.4. The molecule has 0 spiro atoms. The highest BCUT2D eigenvalue weighted by atomic mass is 35.5. The number of methoxy groups -OCH3 is 1. The van der Waals surface area contributed by atoms with Gasteiger partial charge in [-0.3, -0.25) is 14.4 Å². The van der Waals surface area contributed by atoms with E-state index in [9.17, 15) is 14.4 Å². The summed E-state index contributed by atoms with van der Waals surface area (Å²) in [4.78, 5) is 36.6. The van der Waals surface area contributed by atoms with Crippen molar-refractivity contribution in [1.82, 2.24) is 15.1 Å². The number of aromatic nitrogens is 2. The maximum Gasteiger partial charge on any atom is 0.276 e. The smallest absolute Gasteiger partial charge is 0.276 e. The third kappa shape index (κ3) is 5.68. The van der Waals surface area contributed by atoms with Gasteiger partial charge in [0.25, 0.3) is 11.5 Å². The Labute approximate surface area is 177 Å². The monoisotopic (exact) mass is 426 g/mol. The van der Waals surface area contributed by atoms with Gasteiger partial charge in [0.2, 0.25) is 5.91 Å². The molecule has 2 N–H and O–H groups in total. The Balaban J connectivity index is 1.63. The van der Waals surface area contributed by atoms with Crippen LogP contribution in [-0.4, -0.2) is 28.7 Å². The molecule has 2 amide bonds.